The number of nitrogens with one attached hydrogen (secondary N) is 1. The van der Waals surface area contributed by atoms with Gasteiger partial charge >= 0.3 is 5.97 Å². The van der Waals surface area contributed by atoms with E-state index in [4.69, 9.17) is 27.9 Å². The molecule has 0 spiro atoms. The van der Waals surface area contributed by atoms with Crippen LogP contribution in [0.2, 0.25) is 10.2 Å². The number of pyridine rings is 1. The van der Waals surface area contributed by atoms with Gasteiger partial charge in [0.2, 0.25) is 0 Å². The number of aromatic nitrogens is 1. The van der Waals surface area contributed by atoms with Crippen LogP contribution in [-0.4, -0.2) is 28.5 Å². The fraction of sp³-hybridized carbons (Fsp3) is 0.467. The van der Waals surface area contributed by atoms with Crippen molar-refractivity contribution in [2.75, 3.05) is 0 Å². The van der Waals surface area contributed by atoms with Gasteiger partial charge in [0.1, 0.15) is 10.7 Å². The first-order chi connectivity index (χ1) is 10.6. The smallest absolute Gasteiger partial charge is 0.340 e. The maximum atomic E-state index is 12.1. The maximum Gasteiger partial charge on any atom is 0.340 e. The van der Waals surface area contributed by atoms with E-state index in [0.717, 1.165) is 0 Å². The van der Waals surface area contributed by atoms with Crippen LogP contribution in [0.25, 0.3) is 0 Å². The third-order valence-corrected chi connectivity index (χ3v) is 4.14. The first-order valence-electron chi connectivity index (χ1n) is 6.86. The molecule has 0 aliphatic rings. The molecule has 1 aromatic heterocycles. The molecular weight excluding hydrogens is 341 g/mol. The number of hydrogen-bond donors (Lipinski definition) is 1. The van der Waals surface area contributed by atoms with Gasteiger partial charge in [0.05, 0.1) is 16.7 Å². The van der Waals surface area contributed by atoms with Gasteiger partial charge in [0.15, 0.2) is 6.10 Å². The molecule has 23 heavy (non-hydrogen) atoms. The topological polar surface area (TPSA) is 92.1 Å². The minimum atomic E-state index is -1.08. The summed E-state index contributed by atoms with van der Waals surface area (Å²) in [6.07, 6.45) is 0.123. The number of amides is 1. The minimum Gasteiger partial charge on any atom is -0.449 e. The SMILES string of the molecule is CC(C)[C@](C)(C#N)NC(=O)[C@@H](C)OC(=O)c1cnc(Cl)c(Cl)c1. The number of esters is 1. The number of halogens is 2. The number of nitrogens with zero attached hydrogens (tertiary/aromatic N) is 2. The molecule has 0 unspecified atom stereocenters. The number of carbonyl (C=O) groups excluding carboxylic acids is 2. The molecule has 8 heteroatoms. The zero-order chi connectivity index (χ0) is 17.8. The van der Waals surface area contributed by atoms with Gasteiger partial charge < -0.3 is 10.1 Å². The summed E-state index contributed by atoms with van der Waals surface area (Å²) < 4.78 is 5.06. The highest BCUT2D eigenvalue weighted by molar-refractivity contribution is 6.41. The van der Waals surface area contributed by atoms with Gasteiger partial charge in [-0.15, -0.1) is 0 Å². The molecule has 0 aliphatic carbocycles. The molecule has 6 nitrogen and oxygen atoms in total. The Hall–Kier alpha value is -1.84. The summed E-state index contributed by atoms with van der Waals surface area (Å²) in [6, 6.07) is 3.35. The monoisotopic (exact) mass is 357 g/mol. The van der Waals surface area contributed by atoms with Crippen LogP contribution in [0, 0.1) is 17.2 Å². The first-order valence-corrected chi connectivity index (χ1v) is 7.61. The number of rotatable bonds is 5. The molecule has 1 rings (SSSR count). The Kier molecular flexibility index (Phi) is 6.37. The Morgan fingerprint density at radius 2 is 2.00 bits per heavy atom. The predicted octanol–water partition coefficient (Wildman–Crippen LogP) is 2.99. The van der Waals surface area contributed by atoms with Crippen molar-refractivity contribution < 1.29 is 14.3 Å². The molecule has 1 aromatic rings. The fourth-order valence-corrected chi connectivity index (χ4v) is 1.74. The summed E-state index contributed by atoms with van der Waals surface area (Å²) in [5.41, 5.74) is -0.978. The third-order valence-electron chi connectivity index (χ3n) is 3.45. The van der Waals surface area contributed by atoms with Crippen LogP contribution in [-0.2, 0) is 9.53 Å². The van der Waals surface area contributed by atoms with Crippen molar-refractivity contribution in [2.45, 2.75) is 39.3 Å². The van der Waals surface area contributed by atoms with Gasteiger partial charge in [0, 0.05) is 6.20 Å². The average Bonchev–Trinajstić information content (AvgIpc) is 2.49. The molecule has 1 amide bonds. The molecule has 124 valence electrons. The van der Waals surface area contributed by atoms with Gasteiger partial charge in [0.25, 0.3) is 5.91 Å². The largest absolute Gasteiger partial charge is 0.449 e. The molecule has 0 saturated carbocycles. The summed E-state index contributed by atoms with van der Waals surface area (Å²) >= 11 is 11.5. The van der Waals surface area contributed by atoms with Crippen LogP contribution in [0.1, 0.15) is 38.1 Å². The van der Waals surface area contributed by atoms with Crippen LogP contribution in [0.3, 0.4) is 0 Å². The second kappa shape index (κ2) is 7.62. The summed E-state index contributed by atoms with van der Waals surface area (Å²) in [6.45, 7) is 6.63. The van der Waals surface area contributed by atoms with Gasteiger partial charge in [-0.05, 0) is 25.8 Å². The average molecular weight is 358 g/mol. The molecule has 2 atom stereocenters. The van der Waals surface area contributed by atoms with E-state index in [9.17, 15) is 14.9 Å². The molecule has 1 N–H and O–H groups in total. The second-order valence-electron chi connectivity index (χ2n) is 5.50. The molecule has 0 aromatic carbocycles. The minimum absolute atomic E-state index is 0.0655. The zero-order valence-corrected chi connectivity index (χ0v) is 14.7. The summed E-state index contributed by atoms with van der Waals surface area (Å²) in [4.78, 5) is 27.8. The van der Waals surface area contributed by atoms with E-state index in [1.165, 1.54) is 19.2 Å². The first kappa shape index (κ1) is 19.2. The van der Waals surface area contributed by atoms with Crippen molar-refractivity contribution >= 4 is 35.1 Å². The highest BCUT2D eigenvalue weighted by atomic mass is 35.5. The molecule has 0 aliphatic heterocycles. The van der Waals surface area contributed by atoms with Gasteiger partial charge in [-0.2, -0.15) is 5.26 Å². The Bertz CT molecular complexity index is 658. The molecular formula is C15H17Cl2N3O3. The predicted molar refractivity (Wildman–Crippen MR) is 86.1 cm³/mol. The van der Waals surface area contributed by atoms with Crippen molar-refractivity contribution in [3.63, 3.8) is 0 Å². The lowest BCUT2D eigenvalue weighted by Gasteiger charge is -2.28. The summed E-state index contributed by atoms with van der Waals surface area (Å²) in [7, 11) is 0. The zero-order valence-electron chi connectivity index (χ0n) is 13.2. The molecule has 0 saturated heterocycles. The second-order valence-corrected chi connectivity index (χ2v) is 6.27. The van der Waals surface area contributed by atoms with E-state index in [2.05, 4.69) is 10.3 Å². The van der Waals surface area contributed by atoms with E-state index >= 15 is 0 Å². The van der Waals surface area contributed by atoms with Crippen LogP contribution in [0.4, 0.5) is 0 Å². The normalized spacial score (nSPS) is 14.5. The summed E-state index contributed by atoms with van der Waals surface area (Å²) in [5.74, 6) is -1.44. The summed E-state index contributed by atoms with van der Waals surface area (Å²) in [5, 5.41) is 11.9. The number of nitriles is 1. The van der Waals surface area contributed by atoms with E-state index in [1.54, 1.807) is 6.92 Å². The van der Waals surface area contributed by atoms with Crippen molar-refractivity contribution in [3.05, 3.63) is 28.0 Å². The Morgan fingerprint density at radius 3 is 2.48 bits per heavy atom. The quantitative estimate of drug-likeness (QED) is 0.645. The van der Waals surface area contributed by atoms with Gasteiger partial charge in [-0.1, -0.05) is 37.0 Å². The lowest BCUT2D eigenvalue weighted by atomic mass is 9.90. The molecule has 0 bridgehead atoms. The number of ether oxygens (including phenoxy) is 1. The van der Waals surface area contributed by atoms with Crippen molar-refractivity contribution in [2.24, 2.45) is 5.92 Å². The van der Waals surface area contributed by atoms with Gasteiger partial charge in [-0.3, -0.25) is 4.79 Å². The molecule has 0 fully saturated rings. The van der Waals surface area contributed by atoms with E-state index in [0.29, 0.717) is 0 Å². The maximum absolute atomic E-state index is 12.1. The van der Waals surface area contributed by atoms with Crippen LogP contribution in [0.15, 0.2) is 12.3 Å². The van der Waals surface area contributed by atoms with E-state index < -0.39 is 23.5 Å². The molecule has 1 heterocycles. The van der Waals surface area contributed by atoms with E-state index in [-0.39, 0.29) is 21.7 Å². The van der Waals surface area contributed by atoms with Gasteiger partial charge in [-0.25, -0.2) is 9.78 Å². The standard InChI is InChI=1S/C15H17Cl2N3O3/c1-8(2)15(4,7-18)20-13(21)9(3)23-14(22)10-5-11(16)12(17)19-6-10/h5-6,8-9H,1-4H3,(H,20,21)/t9-,15+/m1/s1. The third kappa shape index (κ3) is 4.81. The fourth-order valence-electron chi connectivity index (χ4n) is 1.47. The van der Waals surface area contributed by atoms with Crippen molar-refractivity contribution in [3.8, 4) is 6.07 Å². The lowest BCUT2D eigenvalue weighted by molar-refractivity contribution is -0.130. The van der Waals surface area contributed by atoms with Crippen molar-refractivity contribution in [1.82, 2.24) is 10.3 Å². The lowest BCUT2D eigenvalue weighted by Crippen LogP contribution is -2.52. The van der Waals surface area contributed by atoms with E-state index in [1.807, 2.05) is 19.9 Å². The number of hydrogen-bond acceptors (Lipinski definition) is 5. The van der Waals surface area contributed by atoms with Crippen LogP contribution < -0.4 is 5.32 Å². The van der Waals surface area contributed by atoms with Crippen LogP contribution >= 0.6 is 23.2 Å². The van der Waals surface area contributed by atoms with Crippen LogP contribution in [0.5, 0.6) is 0 Å². The Balaban J connectivity index is 2.77. The Morgan fingerprint density at radius 1 is 1.39 bits per heavy atom. The van der Waals surface area contributed by atoms with Crippen molar-refractivity contribution in [1.29, 1.82) is 5.26 Å². The number of carbonyl (C=O) groups is 2. The molecule has 0 radical (unpaired) electrons. The highest BCUT2D eigenvalue weighted by Gasteiger charge is 2.32. The Labute approximate surface area is 144 Å². The highest BCUT2D eigenvalue weighted by Crippen LogP contribution is 2.20.